The van der Waals surface area contributed by atoms with Crippen molar-refractivity contribution >= 4 is 0 Å². The molecule has 2 nitrogen and oxygen atoms in total. The fourth-order valence-corrected chi connectivity index (χ4v) is 1.12. The molecular weight excluding hydrogens is 138 g/mol. The van der Waals surface area contributed by atoms with Gasteiger partial charge in [0.1, 0.15) is 0 Å². The number of allylic oxidation sites excluding steroid dienone is 1. The molecule has 0 radical (unpaired) electrons. The van der Waals surface area contributed by atoms with Crippen molar-refractivity contribution in [3.63, 3.8) is 0 Å². The highest BCUT2D eigenvalue weighted by Crippen LogP contribution is 2.03. The first-order valence-corrected chi connectivity index (χ1v) is 4.24. The number of hydrogen-bond acceptors (Lipinski definition) is 2. The lowest BCUT2D eigenvalue weighted by molar-refractivity contribution is 0.0892. The van der Waals surface area contributed by atoms with E-state index in [-0.39, 0.29) is 0 Å². The maximum atomic E-state index is 5.57. The summed E-state index contributed by atoms with van der Waals surface area (Å²) in [7, 11) is 0. The van der Waals surface area contributed by atoms with Crippen molar-refractivity contribution in [2.45, 2.75) is 26.4 Å². The summed E-state index contributed by atoms with van der Waals surface area (Å²) >= 11 is 0. The Bertz CT molecular complexity index is 132. The minimum atomic E-state index is 0.450. The zero-order chi connectivity index (χ0) is 8.10. The van der Waals surface area contributed by atoms with Crippen LogP contribution in [0.2, 0.25) is 0 Å². The van der Waals surface area contributed by atoms with Crippen molar-refractivity contribution in [3.05, 3.63) is 11.6 Å². The zero-order valence-corrected chi connectivity index (χ0v) is 7.39. The molecule has 0 amide bonds. The van der Waals surface area contributed by atoms with E-state index < -0.39 is 0 Å². The first-order chi connectivity index (χ1) is 5.29. The summed E-state index contributed by atoms with van der Waals surface area (Å²) in [6.07, 6.45) is 3.74. The topological polar surface area (TPSA) is 21.3 Å². The van der Waals surface area contributed by atoms with Gasteiger partial charge in [-0.1, -0.05) is 11.6 Å². The van der Waals surface area contributed by atoms with Crippen molar-refractivity contribution in [2.24, 2.45) is 0 Å². The molecule has 0 aromatic heterocycles. The Morgan fingerprint density at radius 3 is 3.00 bits per heavy atom. The Morgan fingerprint density at radius 2 is 2.45 bits per heavy atom. The summed E-state index contributed by atoms with van der Waals surface area (Å²) in [5, 5.41) is 3.26. The van der Waals surface area contributed by atoms with Gasteiger partial charge in [-0.25, -0.2) is 0 Å². The van der Waals surface area contributed by atoms with Crippen molar-refractivity contribution in [1.29, 1.82) is 0 Å². The predicted molar refractivity (Wildman–Crippen MR) is 46.7 cm³/mol. The van der Waals surface area contributed by atoms with Crippen LogP contribution in [0.5, 0.6) is 0 Å². The Kier molecular flexibility index (Phi) is 3.60. The molecule has 1 N–H and O–H groups in total. The maximum absolute atomic E-state index is 5.57. The lowest BCUT2D eigenvalue weighted by atomic mass is 10.3. The Hall–Kier alpha value is -0.340. The quantitative estimate of drug-likeness (QED) is 0.621. The summed E-state index contributed by atoms with van der Waals surface area (Å²) in [5.41, 5.74) is 1.33. The van der Waals surface area contributed by atoms with Crippen molar-refractivity contribution in [2.75, 3.05) is 19.7 Å². The van der Waals surface area contributed by atoms with E-state index in [2.05, 4.69) is 25.2 Å². The lowest BCUT2D eigenvalue weighted by Gasteiger charge is -2.07. The number of nitrogens with one attached hydrogen (secondary N) is 1. The van der Waals surface area contributed by atoms with E-state index in [1.807, 2.05) is 0 Å². The third-order valence-electron chi connectivity index (χ3n) is 1.84. The van der Waals surface area contributed by atoms with Gasteiger partial charge in [0.2, 0.25) is 0 Å². The van der Waals surface area contributed by atoms with Gasteiger partial charge >= 0.3 is 0 Å². The van der Waals surface area contributed by atoms with Crippen LogP contribution in [0.4, 0.5) is 0 Å². The summed E-state index contributed by atoms with van der Waals surface area (Å²) in [5.74, 6) is 0. The molecule has 0 aromatic rings. The minimum absolute atomic E-state index is 0.450. The molecule has 64 valence electrons. The summed E-state index contributed by atoms with van der Waals surface area (Å²) in [4.78, 5) is 0. The van der Waals surface area contributed by atoms with Crippen LogP contribution in [-0.4, -0.2) is 25.8 Å². The number of rotatable bonds is 3. The second kappa shape index (κ2) is 4.52. The van der Waals surface area contributed by atoms with E-state index in [1.165, 1.54) is 5.57 Å². The first kappa shape index (κ1) is 8.75. The van der Waals surface area contributed by atoms with Crippen LogP contribution >= 0.6 is 0 Å². The first-order valence-electron chi connectivity index (χ1n) is 4.24. The second-order valence-electron chi connectivity index (χ2n) is 3.23. The van der Waals surface area contributed by atoms with Crippen molar-refractivity contribution in [1.82, 2.24) is 5.32 Å². The third-order valence-corrected chi connectivity index (χ3v) is 1.84. The predicted octanol–water partition coefficient (Wildman–Crippen LogP) is 1.33. The molecule has 0 bridgehead atoms. The summed E-state index contributed by atoms with van der Waals surface area (Å²) in [6.45, 7) is 7.09. The second-order valence-corrected chi connectivity index (χ2v) is 3.23. The normalized spacial score (nSPS) is 23.6. The summed E-state index contributed by atoms with van der Waals surface area (Å²) in [6, 6.07) is 0. The third kappa shape index (κ3) is 3.54. The smallest absolute Gasteiger partial charge is 0.0715 e. The molecule has 1 heterocycles. The van der Waals surface area contributed by atoms with Crippen molar-refractivity contribution < 1.29 is 4.74 Å². The molecule has 11 heavy (non-hydrogen) atoms. The van der Waals surface area contributed by atoms with Crippen molar-refractivity contribution in [3.8, 4) is 0 Å². The Balaban J connectivity index is 2.07. The Morgan fingerprint density at radius 1 is 1.64 bits per heavy atom. The fraction of sp³-hybridized carbons (Fsp3) is 0.778. The molecule has 2 heteroatoms. The van der Waals surface area contributed by atoms with E-state index in [0.717, 1.165) is 26.1 Å². The molecule has 0 spiro atoms. The molecule has 1 atom stereocenters. The minimum Gasteiger partial charge on any atom is -0.373 e. The van der Waals surface area contributed by atoms with Crippen LogP contribution in [0.15, 0.2) is 11.6 Å². The van der Waals surface area contributed by atoms with E-state index >= 15 is 0 Å². The van der Waals surface area contributed by atoms with Crippen LogP contribution in [-0.2, 0) is 4.74 Å². The van der Waals surface area contributed by atoms with Gasteiger partial charge in [0.25, 0.3) is 0 Å². The highest BCUT2D eigenvalue weighted by atomic mass is 16.5. The van der Waals surface area contributed by atoms with Gasteiger partial charge < -0.3 is 10.1 Å². The lowest BCUT2D eigenvalue weighted by Crippen LogP contribution is -2.16. The fourth-order valence-electron chi connectivity index (χ4n) is 1.12. The van der Waals surface area contributed by atoms with Gasteiger partial charge in [-0.3, -0.25) is 0 Å². The molecule has 1 aliphatic rings. The molecule has 0 aliphatic carbocycles. The van der Waals surface area contributed by atoms with Gasteiger partial charge in [-0.05, 0) is 26.8 Å². The highest BCUT2D eigenvalue weighted by molar-refractivity contribution is 4.93. The monoisotopic (exact) mass is 155 g/mol. The van der Waals surface area contributed by atoms with E-state index in [1.54, 1.807) is 0 Å². The largest absolute Gasteiger partial charge is 0.373 e. The van der Waals surface area contributed by atoms with Gasteiger partial charge in [0.05, 0.1) is 12.7 Å². The standard InChI is InChI=1S/C9H17NO/c1-8(2)4-6-11-9-3-5-10-7-9/h4,9-10H,3,5-7H2,1-2H3. The maximum Gasteiger partial charge on any atom is 0.0715 e. The number of hydrogen-bond donors (Lipinski definition) is 1. The van der Waals surface area contributed by atoms with E-state index in [9.17, 15) is 0 Å². The van der Waals surface area contributed by atoms with Gasteiger partial charge in [0.15, 0.2) is 0 Å². The van der Waals surface area contributed by atoms with Gasteiger partial charge in [0, 0.05) is 6.54 Å². The number of ether oxygens (including phenoxy) is 1. The zero-order valence-electron chi connectivity index (χ0n) is 7.39. The average molecular weight is 155 g/mol. The van der Waals surface area contributed by atoms with E-state index in [4.69, 9.17) is 4.74 Å². The van der Waals surface area contributed by atoms with Crippen LogP contribution in [0.3, 0.4) is 0 Å². The average Bonchev–Trinajstić information content (AvgIpc) is 2.39. The van der Waals surface area contributed by atoms with Gasteiger partial charge in [-0.15, -0.1) is 0 Å². The molecule has 0 saturated carbocycles. The molecule has 1 saturated heterocycles. The highest BCUT2D eigenvalue weighted by Gasteiger charge is 2.13. The summed E-state index contributed by atoms with van der Waals surface area (Å²) < 4.78 is 5.57. The SMILES string of the molecule is CC(C)=CCOC1CCNC1. The van der Waals surface area contributed by atoms with E-state index in [0.29, 0.717) is 6.10 Å². The molecular formula is C9H17NO. The molecule has 1 rings (SSSR count). The molecule has 1 fully saturated rings. The molecule has 1 aliphatic heterocycles. The van der Waals surface area contributed by atoms with Crippen LogP contribution < -0.4 is 5.32 Å². The Labute approximate surface area is 68.6 Å². The molecule has 0 aromatic carbocycles. The van der Waals surface area contributed by atoms with Crippen LogP contribution in [0.25, 0.3) is 0 Å². The van der Waals surface area contributed by atoms with Crippen LogP contribution in [0.1, 0.15) is 20.3 Å². The van der Waals surface area contributed by atoms with Crippen LogP contribution in [0, 0.1) is 0 Å². The van der Waals surface area contributed by atoms with Gasteiger partial charge in [-0.2, -0.15) is 0 Å². The molecule has 1 unspecified atom stereocenters.